The third kappa shape index (κ3) is 3.72. The summed E-state index contributed by atoms with van der Waals surface area (Å²) in [5, 5.41) is 3.00. The van der Waals surface area contributed by atoms with Gasteiger partial charge in [-0.25, -0.2) is 8.42 Å². The van der Waals surface area contributed by atoms with Gasteiger partial charge in [-0.3, -0.25) is 4.79 Å². The quantitative estimate of drug-likeness (QED) is 0.710. The van der Waals surface area contributed by atoms with Crippen LogP contribution in [0.2, 0.25) is 0 Å². The molecule has 1 amide bonds. The fourth-order valence-corrected chi connectivity index (χ4v) is 5.55. The van der Waals surface area contributed by atoms with Crippen molar-refractivity contribution >= 4 is 38.5 Å². The number of hydrogen-bond acceptors (Lipinski definition) is 6. The van der Waals surface area contributed by atoms with Crippen LogP contribution in [0.15, 0.2) is 47.4 Å². The number of carbonyl (C=O) groups excluding carboxylic acids is 1. The number of hydrogen-bond donors (Lipinski definition) is 1. The Bertz CT molecular complexity index is 1090. The van der Waals surface area contributed by atoms with E-state index in [9.17, 15) is 13.2 Å². The van der Waals surface area contributed by atoms with Crippen molar-refractivity contribution in [1.82, 2.24) is 14.1 Å². The molecule has 1 heterocycles. The highest BCUT2D eigenvalue weighted by molar-refractivity contribution is 7.91. The van der Waals surface area contributed by atoms with Crippen LogP contribution in [-0.2, 0) is 21.1 Å². The summed E-state index contributed by atoms with van der Waals surface area (Å²) in [6, 6.07) is 12.9. The van der Waals surface area contributed by atoms with Gasteiger partial charge in [-0.15, -0.1) is 0 Å². The highest BCUT2D eigenvalue weighted by Gasteiger charge is 2.24. The molecule has 1 aliphatic rings. The Morgan fingerprint density at radius 2 is 2.00 bits per heavy atom. The normalized spacial score (nSPS) is 16.8. The van der Waals surface area contributed by atoms with E-state index in [1.165, 1.54) is 11.6 Å². The lowest BCUT2D eigenvalue weighted by atomic mass is 9.88. The Hall–Kier alpha value is -2.32. The van der Waals surface area contributed by atoms with Crippen LogP contribution < -0.4 is 5.32 Å². The van der Waals surface area contributed by atoms with E-state index in [0.717, 1.165) is 36.6 Å². The van der Waals surface area contributed by atoms with Crippen LogP contribution in [0.5, 0.6) is 0 Å². The van der Waals surface area contributed by atoms with Crippen molar-refractivity contribution in [3.05, 3.63) is 53.6 Å². The van der Waals surface area contributed by atoms with Gasteiger partial charge in [0.1, 0.15) is 11.0 Å². The molecule has 0 aliphatic heterocycles. The standard InChI is InChI=1S/C19H19N3O3S2/c23-18(20-15-8-3-6-13-5-1-2-7-14(13)15)11-12-27(24,25)17-10-4-9-16-19(17)22-26-21-16/h1-2,4-5,7,9-10,15H,3,6,8,11-12H2,(H,20,23)/t15-/m1/s1. The summed E-state index contributed by atoms with van der Waals surface area (Å²) in [5.41, 5.74) is 3.33. The van der Waals surface area contributed by atoms with Crippen LogP contribution in [0.1, 0.15) is 36.4 Å². The van der Waals surface area contributed by atoms with Crippen molar-refractivity contribution in [1.29, 1.82) is 0 Å². The van der Waals surface area contributed by atoms with E-state index in [2.05, 4.69) is 20.1 Å². The van der Waals surface area contributed by atoms with E-state index in [4.69, 9.17) is 0 Å². The molecule has 0 saturated carbocycles. The van der Waals surface area contributed by atoms with Gasteiger partial charge >= 0.3 is 0 Å². The molecule has 1 N–H and O–H groups in total. The average molecular weight is 402 g/mol. The molecule has 8 heteroatoms. The third-order valence-corrected chi connectivity index (χ3v) is 7.17. The van der Waals surface area contributed by atoms with Gasteiger partial charge in [0, 0.05) is 6.42 Å². The lowest BCUT2D eigenvalue weighted by molar-refractivity contribution is -0.121. The maximum atomic E-state index is 12.7. The molecule has 1 atom stereocenters. The molecule has 0 bridgehead atoms. The summed E-state index contributed by atoms with van der Waals surface area (Å²) < 4.78 is 33.5. The predicted octanol–water partition coefficient (Wildman–Crippen LogP) is 3.05. The van der Waals surface area contributed by atoms with Crippen molar-refractivity contribution in [2.45, 2.75) is 36.6 Å². The Morgan fingerprint density at radius 3 is 2.89 bits per heavy atom. The van der Waals surface area contributed by atoms with E-state index in [1.807, 2.05) is 18.2 Å². The molecule has 3 aromatic rings. The molecule has 140 valence electrons. The Morgan fingerprint density at radius 1 is 1.15 bits per heavy atom. The summed E-state index contributed by atoms with van der Waals surface area (Å²) in [4.78, 5) is 12.6. The molecule has 2 aromatic carbocycles. The highest BCUT2D eigenvalue weighted by Crippen LogP contribution is 2.29. The van der Waals surface area contributed by atoms with Crippen molar-refractivity contribution in [2.24, 2.45) is 0 Å². The number of nitrogens with zero attached hydrogens (tertiary/aromatic N) is 2. The summed E-state index contributed by atoms with van der Waals surface area (Å²) >= 11 is 0.981. The molecule has 0 spiro atoms. The van der Waals surface area contributed by atoms with Crippen molar-refractivity contribution < 1.29 is 13.2 Å². The van der Waals surface area contributed by atoms with Crippen molar-refractivity contribution in [3.8, 4) is 0 Å². The van der Waals surface area contributed by atoms with Crippen molar-refractivity contribution in [2.75, 3.05) is 5.75 Å². The fraction of sp³-hybridized carbons (Fsp3) is 0.316. The second kappa shape index (κ2) is 7.36. The second-order valence-corrected chi connectivity index (χ2v) is 9.27. The zero-order valence-electron chi connectivity index (χ0n) is 14.6. The summed E-state index contributed by atoms with van der Waals surface area (Å²) in [6.07, 6.45) is 2.83. The van der Waals surface area contributed by atoms with E-state index >= 15 is 0 Å². The summed E-state index contributed by atoms with van der Waals surface area (Å²) in [5.74, 6) is -0.493. The van der Waals surface area contributed by atoms with Crippen LogP contribution in [0.4, 0.5) is 0 Å². The second-order valence-electron chi connectivity index (χ2n) is 6.67. The molecule has 4 rings (SSSR count). The first-order valence-corrected chi connectivity index (χ1v) is 11.2. The Labute approximate surface area is 161 Å². The van der Waals surface area contributed by atoms with Gasteiger partial charge in [0.05, 0.1) is 28.4 Å². The monoisotopic (exact) mass is 401 g/mol. The molecule has 1 aromatic heterocycles. The molecule has 0 radical (unpaired) electrons. The topological polar surface area (TPSA) is 89.0 Å². The number of rotatable bonds is 5. The fourth-order valence-electron chi connectivity index (χ4n) is 3.54. The van der Waals surface area contributed by atoms with Crippen LogP contribution >= 0.6 is 11.7 Å². The average Bonchev–Trinajstić information content (AvgIpc) is 3.15. The van der Waals surface area contributed by atoms with Crippen LogP contribution in [0.3, 0.4) is 0 Å². The summed E-state index contributed by atoms with van der Waals surface area (Å²) in [7, 11) is -3.61. The number of aromatic nitrogens is 2. The lowest BCUT2D eigenvalue weighted by Gasteiger charge is -2.26. The zero-order chi connectivity index (χ0) is 18.9. The van der Waals surface area contributed by atoms with Gasteiger partial charge in [-0.2, -0.15) is 8.75 Å². The number of fused-ring (bicyclic) bond motifs is 2. The van der Waals surface area contributed by atoms with Gasteiger partial charge in [0.15, 0.2) is 9.84 Å². The van der Waals surface area contributed by atoms with Crippen LogP contribution in [0, 0.1) is 0 Å². The van der Waals surface area contributed by atoms with Gasteiger partial charge in [-0.1, -0.05) is 30.3 Å². The van der Waals surface area contributed by atoms with E-state index in [-0.39, 0.29) is 29.0 Å². The molecule has 27 heavy (non-hydrogen) atoms. The minimum absolute atomic E-state index is 0.0451. The third-order valence-electron chi connectivity index (χ3n) is 4.89. The smallest absolute Gasteiger partial charge is 0.221 e. The zero-order valence-corrected chi connectivity index (χ0v) is 16.2. The largest absolute Gasteiger partial charge is 0.349 e. The Balaban J connectivity index is 1.45. The SMILES string of the molecule is O=C(CCS(=O)(=O)c1cccc2nsnc12)N[C@@H]1CCCc2ccccc21. The minimum Gasteiger partial charge on any atom is -0.349 e. The molecule has 0 unspecified atom stereocenters. The predicted molar refractivity (Wildman–Crippen MR) is 104 cm³/mol. The first kappa shape index (κ1) is 18.1. The van der Waals surface area contributed by atoms with Gasteiger partial charge < -0.3 is 5.32 Å². The number of amides is 1. The molecular weight excluding hydrogens is 382 g/mol. The first-order chi connectivity index (χ1) is 13.0. The molecule has 0 fully saturated rings. The van der Waals surface area contributed by atoms with Gasteiger partial charge in [0.25, 0.3) is 0 Å². The van der Waals surface area contributed by atoms with Crippen LogP contribution in [-0.4, -0.2) is 28.8 Å². The number of benzene rings is 2. The molecule has 0 saturated heterocycles. The summed E-state index contributed by atoms with van der Waals surface area (Å²) in [6.45, 7) is 0. The Kier molecular flexibility index (Phi) is 4.92. The maximum Gasteiger partial charge on any atom is 0.221 e. The highest BCUT2D eigenvalue weighted by atomic mass is 32.2. The van der Waals surface area contributed by atoms with E-state index < -0.39 is 9.84 Å². The first-order valence-electron chi connectivity index (χ1n) is 8.86. The van der Waals surface area contributed by atoms with Gasteiger partial charge in [-0.05, 0) is 42.5 Å². The molecule has 6 nitrogen and oxygen atoms in total. The number of sulfone groups is 1. The van der Waals surface area contributed by atoms with E-state index in [1.54, 1.807) is 12.1 Å². The molecule has 1 aliphatic carbocycles. The number of nitrogens with one attached hydrogen (secondary N) is 1. The van der Waals surface area contributed by atoms with Crippen molar-refractivity contribution in [3.63, 3.8) is 0 Å². The van der Waals surface area contributed by atoms with Gasteiger partial charge in [0.2, 0.25) is 5.91 Å². The van der Waals surface area contributed by atoms with E-state index in [0.29, 0.717) is 11.0 Å². The number of aryl methyl sites for hydroxylation is 1. The number of carbonyl (C=O) groups is 1. The maximum absolute atomic E-state index is 12.7. The van der Waals surface area contributed by atoms with Crippen LogP contribution in [0.25, 0.3) is 11.0 Å². The molecular formula is C19H19N3O3S2. The lowest BCUT2D eigenvalue weighted by Crippen LogP contribution is -2.32. The minimum atomic E-state index is -3.61.